The summed E-state index contributed by atoms with van der Waals surface area (Å²) in [5, 5.41) is 9.05. The van der Waals surface area contributed by atoms with Gasteiger partial charge in [0.05, 0.1) is 10.0 Å². The molecule has 0 aliphatic rings. The van der Waals surface area contributed by atoms with Crippen LogP contribution < -0.4 is 5.73 Å². The van der Waals surface area contributed by atoms with Crippen molar-refractivity contribution in [3.05, 3.63) is 27.7 Å². The average molecular weight is 306 g/mol. The standard InChI is InChI=1S/C8H5BrF5NO/c9-5-2(10)1-3(16)4(6(5)11)7(15)8(12,13)14/h1,7,16H,15H2/t7-/m0/s1. The molecule has 0 radical (unpaired) electrons. The van der Waals surface area contributed by atoms with Gasteiger partial charge in [0.1, 0.15) is 23.4 Å². The number of alkyl halides is 3. The van der Waals surface area contributed by atoms with E-state index >= 15 is 0 Å². The van der Waals surface area contributed by atoms with Gasteiger partial charge in [-0.2, -0.15) is 13.2 Å². The quantitative estimate of drug-likeness (QED) is 0.619. The Morgan fingerprint density at radius 3 is 2.25 bits per heavy atom. The van der Waals surface area contributed by atoms with Gasteiger partial charge in [-0.1, -0.05) is 0 Å². The first-order valence-electron chi connectivity index (χ1n) is 3.85. The van der Waals surface area contributed by atoms with E-state index in [4.69, 9.17) is 10.8 Å². The Hall–Kier alpha value is -0.890. The molecule has 3 N–H and O–H groups in total. The first-order valence-corrected chi connectivity index (χ1v) is 4.64. The maximum absolute atomic E-state index is 13.3. The Morgan fingerprint density at radius 1 is 1.31 bits per heavy atom. The second-order valence-corrected chi connectivity index (χ2v) is 3.73. The van der Waals surface area contributed by atoms with Gasteiger partial charge < -0.3 is 10.8 Å². The molecule has 0 aromatic heterocycles. The molecule has 1 atom stereocenters. The minimum atomic E-state index is -4.93. The van der Waals surface area contributed by atoms with Gasteiger partial charge in [0, 0.05) is 6.07 Å². The van der Waals surface area contributed by atoms with Crippen LogP contribution in [0.2, 0.25) is 0 Å². The van der Waals surface area contributed by atoms with Crippen LogP contribution in [0.1, 0.15) is 11.6 Å². The monoisotopic (exact) mass is 305 g/mol. The van der Waals surface area contributed by atoms with E-state index in [0.29, 0.717) is 6.07 Å². The Labute approximate surface area is 95.0 Å². The minimum Gasteiger partial charge on any atom is -0.507 e. The molecule has 16 heavy (non-hydrogen) atoms. The third kappa shape index (κ3) is 2.27. The van der Waals surface area contributed by atoms with Gasteiger partial charge in [-0.15, -0.1) is 0 Å². The fourth-order valence-corrected chi connectivity index (χ4v) is 1.38. The van der Waals surface area contributed by atoms with Crippen molar-refractivity contribution < 1.29 is 27.1 Å². The molecule has 0 unspecified atom stereocenters. The highest BCUT2D eigenvalue weighted by Crippen LogP contribution is 2.39. The second kappa shape index (κ2) is 4.17. The maximum Gasteiger partial charge on any atom is 0.407 e. The lowest BCUT2D eigenvalue weighted by Crippen LogP contribution is -2.29. The third-order valence-corrected chi connectivity index (χ3v) is 2.57. The van der Waals surface area contributed by atoms with Gasteiger partial charge in [0.25, 0.3) is 0 Å². The largest absolute Gasteiger partial charge is 0.507 e. The van der Waals surface area contributed by atoms with Crippen molar-refractivity contribution in [2.75, 3.05) is 0 Å². The molecule has 90 valence electrons. The van der Waals surface area contributed by atoms with Crippen molar-refractivity contribution in [1.82, 2.24) is 0 Å². The predicted molar refractivity (Wildman–Crippen MR) is 48.7 cm³/mol. The number of aromatic hydroxyl groups is 1. The van der Waals surface area contributed by atoms with Crippen molar-refractivity contribution in [2.24, 2.45) is 5.73 Å². The second-order valence-electron chi connectivity index (χ2n) is 2.94. The van der Waals surface area contributed by atoms with Gasteiger partial charge in [-0.3, -0.25) is 0 Å². The molecule has 0 saturated heterocycles. The molecule has 0 saturated carbocycles. The Kier molecular flexibility index (Phi) is 3.44. The molecule has 1 aromatic rings. The topological polar surface area (TPSA) is 46.2 Å². The Balaban J connectivity index is 3.40. The van der Waals surface area contributed by atoms with Crippen molar-refractivity contribution in [2.45, 2.75) is 12.2 Å². The molecule has 8 heteroatoms. The number of rotatable bonds is 1. The van der Waals surface area contributed by atoms with Gasteiger partial charge in [0.15, 0.2) is 0 Å². The van der Waals surface area contributed by atoms with Crippen LogP contribution in [0, 0.1) is 11.6 Å². The van der Waals surface area contributed by atoms with E-state index in [1.165, 1.54) is 0 Å². The summed E-state index contributed by atoms with van der Waals surface area (Å²) in [5.41, 5.74) is 3.53. The van der Waals surface area contributed by atoms with E-state index in [2.05, 4.69) is 15.9 Å². The first-order chi connectivity index (χ1) is 7.16. The van der Waals surface area contributed by atoms with Crippen LogP contribution in [-0.2, 0) is 0 Å². The zero-order valence-electron chi connectivity index (χ0n) is 7.45. The normalized spacial score (nSPS) is 13.9. The summed E-state index contributed by atoms with van der Waals surface area (Å²) in [5.74, 6) is -3.96. The Bertz CT molecular complexity index is 420. The minimum absolute atomic E-state index is 0.355. The van der Waals surface area contributed by atoms with Gasteiger partial charge in [-0.25, -0.2) is 8.78 Å². The molecular formula is C8H5BrF5NO. The molecule has 0 aliphatic heterocycles. The summed E-state index contributed by atoms with van der Waals surface area (Å²) in [6.07, 6.45) is -4.93. The number of phenolic OH excluding ortho intramolecular Hbond substituents is 1. The zero-order chi connectivity index (χ0) is 12.7. The summed E-state index contributed by atoms with van der Waals surface area (Å²) >= 11 is 2.42. The molecule has 2 nitrogen and oxygen atoms in total. The Morgan fingerprint density at radius 2 is 1.81 bits per heavy atom. The van der Waals surface area contributed by atoms with E-state index in [1.807, 2.05) is 0 Å². The summed E-state index contributed by atoms with van der Waals surface area (Å²) < 4.78 is 61.9. The predicted octanol–water partition coefficient (Wildman–Crippen LogP) is 2.99. The van der Waals surface area contributed by atoms with Crippen molar-refractivity contribution >= 4 is 15.9 Å². The molecule has 1 aromatic carbocycles. The van der Waals surface area contributed by atoms with E-state index in [0.717, 1.165) is 0 Å². The van der Waals surface area contributed by atoms with Crippen molar-refractivity contribution in [3.8, 4) is 5.75 Å². The number of nitrogens with two attached hydrogens (primary N) is 1. The van der Waals surface area contributed by atoms with Crippen LogP contribution >= 0.6 is 15.9 Å². The highest BCUT2D eigenvalue weighted by molar-refractivity contribution is 9.10. The molecule has 0 aliphatic carbocycles. The number of phenols is 1. The molecule has 0 heterocycles. The number of benzene rings is 1. The van der Waals surface area contributed by atoms with Crippen molar-refractivity contribution in [1.29, 1.82) is 0 Å². The lowest BCUT2D eigenvalue weighted by atomic mass is 10.1. The number of hydrogen-bond donors (Lipinski definition) is 2. The third-order valence-electron chi connectivity index (χ3n) is 1.84. The highest BCUT2D eigenvalue weighted by Gasteiger charge is 2.41. The van der Waals surface area contributed by atoms with Gasteiger partial charge >= 0.3 is 6.18 Å². The molecule has 0 spiro atoms. The molecule has 0 bridgehead atoms. The molecule has 0 fully saturated rings. The molecular weight excluding hydrogens is 301 g/mol. The first kappa shape index (κ1) is 13.2. The van der Waals surface area contributed by atoms with Crippen LogP contribution in [-0.4, -0.2) is 11.3 Å². The van der Waals surface area contributed by atoms with Crippen molar-refractivity contribution in [3.63, 3.8) is 0 Å². The molecule has 0 amide bonds. The van der Waals surface area contributed by atoms with E-state index in [1.54, 1.807) is 0 Å². The van der Waals surface area contributed by atoms with Crippen LogP contribution in [0.5, 0.6) is 5.75 Å². The summed E-state index contributed by atoms with van der Waals surface area (Å²) in [6, 6.07) is -2.36. The highest BCUT2D eigenvalue weighted by atomic mass is 79.9. The zero-order valence-corrected chi connectivity index (χ0v) is 9.03. The number of hydrogen-bond acceptors (Lipinski definition) is 2. The lowest BCUT2D eigenvalue weighted by molar-refractivity contribution is -0.150. The van der Waals surface area contributed by atoms with E-state index in [-0.39, 0.29) is 0 Å². The molecule has 1 rings (SSSR count). The summed E-state index contributed by atoms with van der Waals surface area (Å²) in [6.45, 7) is 0. The number of halogens is 6. The van der Waals surface area contributed by atoms with E-state index in [9.17, 15) is 22.0 Å². The van der Waals surface area contributed by atoms with Crippen LogP contribution in [0.25, 0.3) is 0 Å². The summed E-state index contributed by atoms with van der Waals surface area (Å²) in [4.78, 5) is 0. The average Bonchev–Trinajstić information content (AvgIpc) is 2.13. The van der Waals surface area contributed by atoms with E-state index < -0.39 is 39.6 Å². The van der Waals surface area contributed by atoms with Crippen LogP contribution in [0.15, 0.2) is 10.5 Å². The SMILES string of the molecule is N[C@@H](c1c(O)cc(F)c(Br)c1F)C(F)(F)F. The fraction of sp³-hybridized carbons (Fsp3) is 0.250. The lowest BCUT2D eigenvalue weighted by Gasteiger charge is -2.18. The maximum atomic E-state index is 13.3. The van der Waals surface area contributed by atoms with Gasteiger partial charge in [0.2, 0.25) is 0 Å². The van der Waals surface area contributed by atoms with Gasteiger partial charge in [-0.05, 0) is 15.9 Å². The van der Waals surface area contributed by atoms with Crippen LogP contribution in [0.4, 0.5) is 22.0 Å². The fourth-order valence-electron chi connectivity index (χ4n) is 1.06. The summed E-state index contributed by atoms with van der Waals surface area (Å²) in [7, 11) is 0. The van der Waals surface area contributed by atoms with Crippen LogP contribution in [0.3, 0.4) is 0 Å². The smallest absolute Gasteiger partial charge is 0.407 e.